The molecule has 0 atom stereocenters. The Morgan fingerprint density at radius 2 is 0.874 bits per heavy atom. The van der Waals surface area contributed by atoms with Gasteiger partial charge in [-0.1, -0.05) is 324 Å². The number of ether oxygens (including phenoxy) is 1. The molecule has 0 aliphatic carbocycles. The summed E-state index contributed by atoms with van der Waals surface area (Å²) >= 11 is 0. The fourth-order valence-electron chi connectivity index (χ4n) is 15.8. The molecule has 0 aliphatic heterocycles. The predicted molar refractivity (Wildman–Crippen MR) is 424 cm³/mol. The predicted octanol–water partition coefficient (Wildman–Crippen LogP) is 16.9. The maximum Gasteiger partial charge on any atom is 0.268 e. The van der Waals surface area contributed by atoms with Gasteiger partial charge in [-0.25, -0.2) is 4.98 Å². The van der Waals surface area contributed by atoms with Crippen LogP contribution in [-0.4, -0.2) is 30.3 Å². The summed E-state index contributed by atoms with van der Waals surface area (Å²) in [4.78, 5) is 5.03. The second kappa shape index (κ2) is 26.6. The Balaban J connectivity index is 0.00000787. The van der Waals surface area contributed by atoms with Crippen LogP contribution in [0.15, 0.2) is 362 Å². The first-order valence-corrected chi connectivity index (χ1v) is 38.8. The van der Waals surface area contributed by atoms with Gasteiger partial charge in [0.05, 0.1) is 16.7 Å². The van der Waals surface area contributed by atoms with E-state index < -0.39 is 16.1 Å². The second-order valence-electron chi connectivity index (χ2n) is 27.4. The molecule has 0 spiro atoms. The zero-order valence-electron chi connectivity index (χ0n) is 57.0. The number of imidazole rings is 1. The summed E-state index contributed by atoms with van der Waals surface area (Å²) in [5.41, 5.74) is 12.5. The zero-order chi connectivity index (χ0) is 68.4. The molecule has 0 saturated carbocycles. The first-order chi connectivity index (χ1) is 50.2. The minimum atomic E-state index is -2.99. The average Bonchev–Trinajstić information content (AvgIpc) is 1.69. The number of rotatable bonds is 15. The fraction of sp³-hybridized carbons (Fsp3) is 0.0426. The third-order valence-corrected chi connectivity index (χ3v) is 30.0. The van der Waals surface area contributed by atoms with Gasteiger partial charge >= 0.3 is 0 Å². The van der Waals surface area contributed by atoms with E-state index in [4.69, 9.17) is 14.1 Å². The van der Waals surface area contributed by atoms with Crippen LogP contribution in [0.3, 0.4) is 0 Å². The number of hydrogen-bond donors (Lipinski definition) is 0. The van der Waals surface area contributed by atoms with Crippen LogP contribution < -0.4 is 50.8 Å². The van der Waals surface area contributed by atoms with Crippen LogP contribution in [0.5, 0.6) is 11.5 Å². The third-order valence-electron chi connectivity index (χ3n) is 20.5. The molecule has 14 aromatic carbocycles. The SMILES string of the molecule is CC(C)(C)c1ccnc(-n2c3[c-]c(Oc4[c-]c(-n5[c-][n+](-c6c(-c7cccc([Si](c8ccccc8)(c8ccccc8)c8ccccc8)c7)cccc6-c6cccc([Si](c7ccccc7)(c7ccccc7)c7ccccc7)c6)c6ccccc65)ccc4)ccc3c3cc4c(cc32)oc2ccccc24)c1.[Pt]. The van der Waals surface area contributed by atoms with Crippen LogP contribution in [-0.2, 0) is 26.5 Å². The Bertz CT molecular complexity index is 5770. The molecular formula is C94H68N4O2PtSi2-2. The summed E-state index contributed by atoms with van der Waals surface area (Å²) in [6, 6.07) is 136. The van der Waals surface area contributed by atoms with Crippen molar-refractivity contribution in [2.24, 2.45) is 0 Å². The van der Waals surface area contributed by atoms with Crippen molar-refractivity contribution >= 4 is 112 Å². The number of nitrogens with zero attached hydrogens (tertiary/aromatic N) is 4. The van der Waals surface area contributed by atoms with Crippen LogP contribution in [0.25, 0.3) is 94.2 Å². The maximum atomic E-state index is 6.97. The van der Waals surface area contributed by atoms with Crippen molar-refractivity contribution in [1.82, 2.24) is 14.1 Å². The Hall–Kier alpha value is -11.8. The van der Waals surface area contributed by atoms with Crippen LogP contribution in [0, 0.1) is 18.5 Å². The molecule has 0 saturated heterocycles. The monoisotopic (exact) mass is 1540 g/mol. The van der Waals surface area contributed by atoms with E-state index in [2.05, 4.69) is 374 Å². The standard InChI is InChI=1S/C94H68N4O2Si2.Pt/c1-94(2,3)68-56-57-95-92(60-68)98-88-62-71(54-55-82(88)84-63-85-83-48-22-25-53-90(83)100-91(85)64-89(84)98)99-70-33-28-32-69(61-70)96-65-97(87-52-24-23-51-86(87)96)93-80(66-30-26-46-78(58-66)101(72-34-10-4-11-35-72,73-36-12-5-13-37-73)74-38-14-6-15-39-74)49-29-50-81(93)67-31-27-47-79(59-67)102(75-40-16-7-17-41-75,76-42-18-8-19-43-76)77-44-20-9-21-45-77;/h4-60,63-64H,1-3H3;/q-2;. The zero-order valence-corrected chi connectivity index (χ0v) is 61.3. The van der Waals surface area contributed by atoms with Crippen molar-refractivity contribution in [2.75, 3.05) is 0 Å². The van der Waals surface area contributed by atoms with E-state index >= 15 is 0 Å². The summed E-state index contributed by atoms with van der Waals surface area (Å²) in [5, 5.41) is 14.7. The first kappa shape index (κ1) is 64.6. The number of hydrogen-bond acceptors (Lipinski definition) is 3. The largest absolute Gasteiger partial charge is 0.510 e. The van der Waals surface area contributed by atoms with E-state index in [1.807, 2.05) is 36.5 Å². The van der Waals surface area contributed by atoms with E-state index in [1.54, 1.807) is 0 Å². The Morgan fingerprint density at radius 1 is 0.388 bits per heavy atom. The summed E-state index contributed by atoms with van der Waals surface area (Å²) in [7, 11) is -5.97. The van der Waals surface area contributed by atoms with Gasteiger partial charge in [0.2, 0.25) is 0 Å². The molecule has 0 aliphatic rings. The van der Waals surface area contributed by atoms with Gasteiger partial charge in [-0.05, 0) is 104 Å². The van der Waals surface area contributed by atoms with Gasteiger partial charge in [-0.2, -0.15) is 18.2 Å². The van der Waals surface area contributed by atoms with E-state index in [9.17, 15) is 0 Å². The molecule has 496 valence electrons. The van der Waals surface area contributed by atoms with Crippen molar-refractivity contribution < 1.29 is 34.8 Å². The number of para-hydroxylation sites is 4. The van der Waals surface area contributed by atoms with Crippen LogP contribution in [0.4, 0.5) is 0 Å². The minimum absolute atomic E-state index is 0. The molecule has 0 bridgehead atoms. The van der Waals surface area contributed by atoms with Crippen molar-refractivity contribution in [3.8, 4) is 50.9 Å². The van der Waals surface area contributed by atoms with Gasteiger partial charge in [-0.3, -0.25) is 4.57 Å². The molecule has 4 heterocycles. The number of furan rings is 1. The van der Waals surface area contributed by atoms with E-state index in [0.717, 1.165) is 94.2 Å². The Kier molecular flexibility index (Phi) is 16.7. The fourth-order valence-corrected chi connectivity index (χ4v) is 25.4. The number of benzene rings is 14. The van der Waals surface area contributed by atoms with Crippen molar-refractivity contribution in [1.29, 1.82) is 0 Å². The van der Waals surface area contributed by atoms with E-state index in [1.165, 1.54) is 47.1 Å². The van der Waals surface area contributed by atoms with Crippen LogP contribution in [0.1, 0.15) is 26.3 Å². The molecular weight excluding hydrogens is 1470 g/mol. The van der Waals surface area contributed by atoms with Gasteiger partial charge in [0.25, 0.3) is 6.33 Å². The van der Waals surface area contributed by atoms with Gasteiger partial charge < -0.3 is 18.3 Å². The van der Waals surface area contributed by atoms with E-state index in [0.29, 0.717) is 11.5 Å². The summed E-state index contributed by atoms with van der Waals surface area (Å²) < 4.78 is 20.1. The molecule has 0 radical (unpaired) electrons. The molecule has 0 N–H and O–H groups in total. The molecule has 18 rings (SSSR count). The Labute approximate surface area is 616 Å². The maximum absolute atomic E-state index is 6.97. The summed E-state index contributed by atoms with van der Waals surface area (Å²) in [6.45, 7) is 6.69. The van der Waals surface area contributed by atoms with Crippen LogP contribution >= 0.6 is 0 Å². The average molecular weight is 1540 g/mol. The number of aromatic nitrogens is 4. The van der Waals surface area contributed by atoms with Crippen molar-refractivity contribution in [2.45, 2.75) is 26.2 Å². The summed E-state index contributed by atoms with van der Waals surface area (Å²) in [6.07, 6.45) is 5.92. The summed E-state index contributed by atoms with van der Waals surface area (Å²) in [5.74, 6) is 1.86. The Morgan fingerprint density at radius 3 is 1.43 bits per heavy atom. The normalized spacial score (nSPS) is 12.0. The minimum Gasteiger partial charge on any atom is -0.510 e. The molecule has 18 aromatic rings. The molecule has 103 heavy (non-hydrogen) atoms. The molecule has 4 aromatic heterocycles. The van der Waals surface area contributed by atoms with Crippen LogP contribution in [0.2, 0.25) is 0 Å². The van der Waals surface area contributed by atoms with Gasteiger partial charge in [0.15, 0.2) is 16.1 Å². The third kappa shape index (κ3) is 11.1. The number of fused-ring (bicyclic) bond motifs is 7. The molecule has 0 amide bonds. The molecule has 0 fully saturated rings. The number of pyridine rings is 1. The first-order valence-electron chi connectivity index (χ1n) is 34.8. The second-order valence-corrected chi connectivity index (χ2v) is 35.0. The quantitative estimate of drug-likeness (QED) is 0.0445. The van der Waals surface area contributed by atoms with Gasteiger partial charge in [0, 0.05) is 61.1 Å². The van der Waals surface area contributed by atoms with Gasteiger partial charge in [0.1, 0.15) is 17.0 Å². The van der Waals surface area contributed by atoms with E-state index in [-0.39, 0.29) is 26.5 Å². The van der Waals surface area contributed by atoms with Crippen molar-refractivity contribution in [3.05, 3.63) is 382 Å². The van der Waals surface area contributed by atoms with Gasteiger partial charge in [-0.15, -0.1) is 29.7 Å². The van der Waals surface area contributed by atoms with Crippen molar-refractivity contribution in [3.63, 3.8) is 0 Å². The molecule has 6 nitrogen and oxygen atoms in total. The molecule has 9 heteroatoms. The topological polar surface area (TPSA) is 49.0 Å². The molecule has 0 unspecified atom stereocenters. The smallest absolute Gasteiger partial charge is 0.268 e.